The molecule has 0 bridgehead atoms. The minimum atomic E-state index is -4.04. The molecule has 0 aromatic heterocycles. The molecular weight excluding hydrogens is 414 g/mol. The van der Waals surface area contributed by atoms with Crippen LogP contribution < -0.4 is 10.0 Å². The summed E-state index contributed by atoms with van der Waals surface area (Å²) in [6.45, 7) is 0. The smallest absolute Gasteiger partial charge is 0.262 e. The van der Waals surface area contributed by atoms with Gasteiger partial charge in [-0.15, -0.1) is 0 Å². The molecule has 3 aromatic rings. The Kier molecular flexibility index (Phi) is 4.37. The van der Waals surface area contributed by atoms with Gasteiger partial charge in [-0.2, -0.15) is 0 Å². The average molecular weight is 431 g/mol. The number of hydrogen-bond acceptors (Lipinski definition) is 5. The number of amides is 1. The van der Waals surface area contributed by atoms with E-state index in [1.165, 1.54) is 50.5 Å². The Morgan fingerprint density at radius 1 is 0.931 bits per heavy atom. The minimum Gasteiger partial charge on any atom is -0.321 e. The largest absolute Gasteiger partial charge is 0.321 e. The van der Waals surface area contributed by atoms with E-state index in [9.17, 15) is 21.6 Å². The van der Waals surface area contributed by atoms with E-state index in [1.807, 2.05) is 0 Å². The lowest BCUT2D eigenvalue weighted by Crippen LogP contribution is -2.22. The Hall–Kier alpha value is -2.95. The summed E-state index contributed by atoms with van der Waals surface area (Å²) in [5.74, 6) is -0.283. The van der Waals surface area contributed by atoms with Crippen molar-refractivity contribution in [3.63, 3.8) is 0 Å². The summed E-state index contributed by atoms with van der Waals surface area (Å²) in [6, 6.07) is 13.4. The number of sulfonamides is 2. The van der Waals surface area contributed by atoms with Gasteiger partial charge in [-0.05, 0) is 36.4 Å². The molecule has 0 fully saturated rings. The Morgan fingerprint density at radius 2 is 1.66 bits per heavy atom. The fourth-order valence-electron chi connectivity index (χ4n) is 3.24. The molecule has 4 rings (SSSR count). The van der Waals surface area contributed by atoms with Crippen LogP contribution >= 0.6 is 0 Å². The predicted molar refractivity (Wildman–Crippen MR) is 110 cm³/mol. The van der Waals surface area contributed by atoms with Gasteiger partial charge in [-0.25, -0.2) is 21.1 Å². The Bertz CT molecular complexity index is 1380. The highest BCUT2D eigenvalue weighted by Crippen LogP contribution is 2.37. The summed E-state index contributed by atoms with van der Waals surface area (Å²) >= 11 is 0. The zero-order valence-electron chi connectivity index (χ0n) is 15.5. The topological polar surface area (TPSA) is 113 Å². The van der Waals surface area contributed by atoms with Crippen molar-refractivity contribution in [3.05, 3.63) is 60.2 Å². The number of nitrogens with zero attached hydrogens (tertiary/aromatic N) is 1. The number of anilines is 2. The van der Waals surface area contributed by atoms with Crippen LogP contribution in [0.2, 0.25) is 0 Å². The van der Waals surface area contributed by atoms with Crippen LogP contribution in [-0.4, -0.2) is 41.1 Å². The molecule has 10 heteroatoms. The monoisotopic (exact) mass is 431 g/mol. The number of carbonyl (C=O) groups is 1. The molecule has 3 aromatic carbocycles. The predicted octanol–water partition coefficient (Wildman–Crippen LogP) is 2.46. The van der Waals surface area contributed by atoms with E-state index in [1.54, 1.807) is 18.2 Å². The van der Waals surface area contributed by atoms with Gasteiger partial charge in [0.1, 0.15) is 0 Å². The van der Waals surface area contributed by atoms with Crippen molar-refractivity contribution in [2.45, 2.75) is 9.79 Å². The van der Waals surface area contributed by atoms with E-state index in [2.05, 4.69) is 10.0 Å². The lowest BCUT2D eigenvalue weighted by atomic mass is 10.1. The highest BCUT2D eigenvalue weighted by molar-refractivity contribution is 7.93. The van der Waals surface area contributed by atoms with E-state index < -0.39 is 20.0 Å². The molecule has 0 aliphatic carbocycles. The van der Waals surface area contributed by atoms with E-state index in [0.717, 1.165) is 4.31 Å². The van der Waals surface area contributed by atoms with E-state index in [4.69, 9.17) is 0 Å². The van der Waals surface area contributed by atoms with E-state index in [0.29, 0.717) is 22.0 Å². The van der Waals surface area contributed by atoms with Gasteiger partial charge in [0.2, 0.25) is 10.0 Å². The molecule has 150 valence electrons. The van der Waals surface area contributed by atoms with Crippen LogP contribution in [0.3, 0.4) is 0 Å². The van der Waals surface area contributed by atoms with E-state index >= 15 is 0 Å². The van der Waals surface area contributed by atoms with Crippen LogP contribution in [0.4, 0.5) is 11.4 Å². The molecule has 1 aliphatic heterocycles. The number of hydrogen-bond donors (Lipinski definition) is 2. The third-order valence-electron chi connectivity index (χ3n) is 4.65. The standard InChI is InChI=1S/C19H17N3O5S2/c1-22(2)29(26,27)13-6-3-5-12(11-13)21-28(24,25)17-10-9-16-18-14(17)7-4-8-15(18)19(23)20-16/h3-11,21H,1-2H3,(H,20,23). The number of rotatable bonds is 5. The molecule has 1 amide bonds. The molecule has 0 unspecified atom stereocenters. The summed E-state index contributed by atoms with van der Waals surface area (Å²) in [4.78, 5) is 12.0. The van der Waals surface area contributed by atoms with Gasteiger partial charge in [-0.3, -0.25) is 9.52 Å². The van der Waals surface area contributed by atoms with Gasteiger partial charge in [0.25, 0.3) is 15.9 Å². The SMILES string of the molecule is CN(C)S(=O)(=O)c1cccc(NS(=O)(=O)c2ccc3c4c(cccc24)C(=O)N3)c1. The third kappa shape index (κ3) is 3.15. The molecule has 8 nitrogen and oxygen atoms in total. The number of benzene rings is 3. The highest BCUT2D eigenvalue weighted by atomic mass is 32.2. The van der Waals surface area contributed by atoms with Crippen molar-refractivity contribution in [2.75, 3.05) is 24.1 Å². The molecule has 0 saturated heterocycles. The maximum Gasteiger partial charge on any atom is 0.262 e. The Balaban J connectivity index is 1.79. The Morgan fingerprint density at radius 3 is 2.38 bits per heavy atom. The molecule has 0 spiro atoms. The second-order valence-corrected chi connectivity index (χ2v) is 10.5. The third-order valence-corrected chi connectivity index (χ3v) is 7.90. The molecule has 0 radical (unpaired) electrons. The summed E-state index contributed by atoms with van der Waals surface area (Å²) in [5.41, 5.74) is 1.08. The van der Waals surface area contributed by atoms with Crippen molar-refractivity contribution in [3.8, 4) is 0 Å². The summed E-state index contributed by atoms with van der Waals surface area (Å²) in [5, 5.41) is 3.66. The average Bonchev–Trinajstić information content (AvgIpc) is 2.99. The van der Waals surface area contributed by atoms with Crippen LogP contribution in [0.1, 0.15) is 10.4 Å². The zero-order valence-corrected chi connectivity index (χ0v) is 17.1. The van der Waals surface area contributed by atoms with Crippen molar-refractivity contribution in [2.24, 2.45) is 0 Å². The summed E-state index contributed by atoms with van der Waals surface area (Å²) in [6.07, 6.45) is 0. The number of nitrogens with one attached hydrogen (secondary N) is 2. The van der Waals surface area contributed by atoms with Crippen LogP contribution in [0.25, 0.3) is 10.8 Å². The second-order valence-electron chi connectivity index (χ2n) is 6.71. The van der Waals surface area contributed by atoms with Gasteiger partial charge in [-0.1, -0.05) is 18.2 Å². The van der Waals surface area contributed by atoms with Crippen LogP contribution in [-0.2, 0) is 20.0 Å². The quantitative estimate of drug-likeness (QED) is 0.644. The molecule has 1 heterocycles. The lowest BCUT2D eigenvalue weighted by molar-refractivity contribution is 0.103. The maximum absolute atomic E-state index is 13.1. The first-order valence-electron chi connectivity index (χ1n) is 8.54. The highest BCUT2D eigenvalue weighted by Gasteiger charge is 2.26. The van der Waals surface area contributed by atoms with Crippen molar-refractivity contribution in [1.29, 1.82) is 0 Å². The molecular formula is C19H17N3O5S2. The van der Waals surface area contributed by atoms with Crippen molar-refractivity contribution >= 4 is 48.1 Å². The summed E-state index contributed by atoms with van der Waals surface area (Å²) < 4.78 is 54.2. The molecule has 1 aliphatic rings. The molecule has 0 saturated carbocycles. The zero-order chi connectivity index (χ0) is 21.0. The first-order chi connectivity index (χ1) is 13.6. The number of carbonyl (C=O) groups excluding carboxylic acids is 1. The first-order valence-corrected chi connectivity index (χ1v) is 11.5. The van der Waals surface area contributed by atoms with Gasteiger partial charge < -0.3 is 5.32 Å². The van der Waals surface area contributed by atoms with Crippen LogP contribution in [0.5, 0.6) is 0 Å². The Labute approximate surface area is 168 Å². The van der Waals surface area contributed by atoms with Gasteiger partial charge >= 0.3 is 0 Å². The van der Waals surface area contributed by atoms with Crippen LogP contribution in [0.15, 0.2) is 64.4 Å². The van der Waals surface area contributed by atoms with Crippen molar-refractivity contribution < 1.29 is 21.6 Å². The second kappa shape index (κ2) is 6.55. The molecule has 0 atom stereocenters. The first kappa shape index (κ1) is 19.4. The van der Waals surface area contributed by atoms with Gasteiger partial charge in [0.15, 0.2) is 0 Å². The van der Waals surface area contributed by atoms with Gasteiger partial charge in [0, 0.05) is 36.1 Å². The summed E-state index contributed by atoms with van der Waals surface area (Å²) in [7, 11) is -4.96. The minimum absolute atomic E-state index is 0.00419. The normalized spacial score (nSPS) is 13.7. The molecule has 2 N–H and O–H groups in total. The maximum atomic E-state index is 13.1. The molecule has 29 heavy (non-hydrogen) atoms. The van der Waals surface area contributed by atoms with E-state index in [-0.39, 0.29) is 21.4 Å². The van der Waals surface area contributed by atoms with Gasteiger partial charge in [0.05, 0.1) is 15.5 Å². The fourth-order valence-corrected chi connectivity index (χ4v) is 5.44. The van der Waals surface area contributed by atoms with Crippen molar-refractivity contribution in [1.82, 2.24) is 4.31 Å². The fraction of sp³-hybridized carbons (Fsp3) is 0.105. The lowest BCUT2D eigenvalue weighted by Gasteiger charge is -2.14. The van der Waals surface area contributed by atoms with Crippen LogP contribution in [0, 0.1) is 0 Å².